The SMILES string of the molecule is CCCCCCC[C@H](CC(=O)O)O[C@@H]1O[C@@H](C)[C@@H]2O[C@@](C)(OC)[C@](C)(OC)O[C@H]2[C@H]1O[C@@H]1O[C@@H](C)[C@H](OCc2ccccc2)[C@@H](OCc2ccccc2)[C@H]1OCc1ccccc1. The number of methoxy groups -OCH3 is 2. The Bertz CT molecular complexity index is 1750. The predicted octanol–water partition coefficient (Wildman–Crippen LogP) is 8.35. The second kappa shape index (κ2) is 23.0. The molecule has 3 heterocycles. The van der Waals surface area contributed by atoms with E-state index < -0.39 is 85.1 Å². The van der Waals surface area contributed by atoms with Crippen molar-refractivity contribution in [3.63, 3.8) is 0 Å². The normalized spacial score (nSPS) is 32.8. The summed E-state index contributed by atoms with van der Waals surface area (Å²) in [7, 11) is 3.06. The van der Waals surface area contributed by atoms with Crippen molar-refractivity contribution < 1.29 is 62.0 Å². The number of carboxylic acids is 1. The van der Waals surface area contributed by atoms with Crippen molar-refractivity contribution in [3.05, 3.63) is 108 Å². The Kier molecular flexibility index (Phi) is 17.9. The van der Waals surface area contributed by atoms with Gasteiger partial charge in [0.2, 0.25) is 11.6 Å². The Morgan fingerprint density at radius 2 is 1.11 bits per heavy atom. The maximum absolute atomic E-state index is 12.3. The highest BCUT2D eigenvalue weighted by Crippen LogP contribution is 2.45. The predicted molar refractivity (Wildman–Crippen MR) is 230 cm³/mol. The van der Waals surface area contributed by atoms with Gasteiger partial charge < -0.3 is 57.2 Å². The summed E-state index contributed by atoms with van der Waals surface area (Å²) in [5, 5.41) is 10.0. The molecule has 62 heavy (non-hydrogen) atoms. The molecular formula is C49H68O13. The largest absolute Gasteiger partial charge is 0.481 e. The Morgan fingerprint density at radius 3 is 1.63 bits per heavy atom. The second-order valence-electron chi connectivity index (χ2n) is 16.8. The molecular weight excluding hydrogens is 797 g/mol. The molecule has 0 spiro atoms. The molecule has 0 aromatic heterocycles. The first-order chi connectivity index (χ1) is 30.0. The minimum Gasteiger partial charge on any atom is -0.481 e. The van der Waals surface area contributed by atoms with Crippen molar-refractivity contribution in [2.75, 3.05) is 14.2 Å². The summed E-state index contributed by atoms with van der Waals surface area (Å²) >= 11 is 0. The zero-order valence-electron chi connectivity index (χ0n) is 37.4. The van der Waals surface area contributed by atoms with Gasteiger partial charge >= 0.3 is 5.97 Å². The minimum atomic E-state index is -1.41. The molecule has 3 aliphatic rings. The fourth-order valence-corrected chi connectivity index (χ4v) is 8.44. The van der Waals surface area contributed by atoms with E-state index in [-0.39, 0.29) is 19.6 Å². The van der Waals surface area contributed by atoms with Crippen LogP contribution in [0.1, 0.15) is 96.3 Å². The molecule has 0 saturated carbocycles. The number of carbonyl (C=O) groups is 1. The molecule has 0 bridgehead atoms. The van der Waals surface area contributed by atoms with E-state index in [0.29, 0.717) is 13.0 Å². The fraction of sp³-hybridized carbons (Fsp3) is 0.612. The summed E-state index contributed by atoms with van der Waals surface area (Å²) in [4.78, 5) is 12.3. The molecule has 13 atom stereocenters. The van der Waals surface area contributed by atoms with Crippen LogP contribution < -0.4 is 0 Å². The zero-order valence-corrected chi connectivity index (χ0v) is 37.4. The van der Waals surface area contributed by atoms with E-state index in [1.54, 1.807) is 13.8 Å². The van der Waals surface area contributed by atoms with Gasteiger partial charge in [0.05, 0.1) is 44.6 Å². The summed E-state index contributed by atoms with van der Waals surface area (Å²) in [6.07, 6.45) is -3.41. The average Bonchev–Trinajstić information content (AvgIpc) is 3.27. The smallest absolute Gasteiger partial charge is 0.305 e. The summed E-state index contributed by atoms with van der Waals surface area (Å²) in [5.74, 6) is -3.71. The molecule has 3 saturated heterocycles. The van der Waals surface area contributed by atoms with Gasteiger partial charge in [0.25, 0.3) is 0 Å². The number of ether oxygens (including phenoxy) is 11. The van der Waals surface area contributed by atoms with Gasteiger partial charge in [-0.15, -0.1) is 0 Å². The van der Waals surface area contributed by atoms with Crippen LogP contribution in [0.4, 0.5) is 0 Å². The molecule has 342 valence electrons. The Balaban J connectivity index is 1.37. The number of aliphatic carboxylic acids is 1. The number of hydrogen-bond donors (Lipinski definition) is 1. The number of rotatable bonds is 23. The van der Waals surface area contributed by atoms with Crippen LogP contribution in [-0.4, -0.2) is 104 Å². The topological polar surface area (TPSA) is 139 Å². The van der Waals surface area contributed by atoms with Crippen LogP contribution in [0.2, 0.25) is 0 Å². The highest BCUT2D eigenvalue weighted by molar-refractivity contribution is 5.67. The first-order valence-electron chi connectivity index (χ1n) is 22.2. The Labute approximate surface area is 367 Å². The van der Waals surface area contributed by atoms with E-state index >= 15 is 0 Å². The fourth-order valence-electron chi connectivity index (χ4n) is 8.44. The quantitative estimate of drug-likeness (QED) is 0.0915. The summed E-state index contributed by atoms with van der Waals surface area (Å²) in [6, 6.07) is 29.8. The summed E-state index contributed by atoms with van der Waals surface area (Å²) < 4.78 is 73.2. The van der Waals surface area contributed by atoms with E-state index in [0.717, 1.165) is 48.8 Å². The molecule has 3 fully saturated rings. The molecule has 0 unspecified atom stereocenters. The standard InChI is InChI=1S/C49H68O13/c1-8-9-10-11-21-28-38(29-39(50)51)59-47-45(43-41(34(3)58-47)61-48(4,52-6)49(5,53-7)62-43)60-46-44(56-32-37-26-19-14-20-27-37)42(55-31-36-24-17-13-18-25-36)40(33(2)57-46)54-30-35-22-15-12-16-23-35/h12-20,22-27,33-34,38,40-47H,8-11,21,28-32H2,1-7H3,(H,50,51)/t33-,34-,38+,40-,41-,42+,43+,44+,45+,46-,47-,48+,49+/m0/s1. The lowest BCUT2D eigenvalue weighted by Gasteiger charge is -2.57. The van der Waals surface area contributed by atoms with Crippen LogP contribution in [0.15, 0.2) is 91.0 Å². The highest BCUT2D eigenvalue weighted by Gasteiger charge is 2.63. The molecule has 6 rings (SSSR count). The molecule has 13 heteroatoms. The van der Waals surface area contributed by atoms with Crippen molar-refractivity contribution >= 4 is 5.97 Å². The maximum Gasteiger partial charge on any atom is 0.305 e. The molecule has 0 amide bonds. The monoisotopic (exact) mass is 864 g/mol. The zero-order chi connectivity index (χ0) is 44.1. The molecule has 3 aromatic carbocycles. The number of fused-ring (bicyclic) bond motifs is 1. The third-order valence-corrected chi connectivity index (χ3v) is 12.3. The van der Waals surface area contributed by atoms with Crippen molar-refractivity contribution in [1.82, 2.24) is 0 Å². The van der Waals surface area contributed by atoms with Gasteiger partial charge in [0, 0.05) is 14.2 Å². The van der Waals surface area contributed by atoms with E-state index in [1.807, 2.05) is 105 Å². The van der Waals surface area contributed by atoms with E-state index in [2.05, 4.69) is 6.92 Å². The van der Waals surface area contributed by atoms with Crippen LogP contribution in [0.3, 0.4) is 0 Å². The van der Waals surface area contributed by atoms with E-state index in [4.69, 9.17) is 52.1 Å². The molecule has 13 nitrogen and oxygen atoms in total. The average molecular weight is 865 g/mol. The van der Waals surface area contributed by atoms with Crippen LogP contribution in [0, 0.1) is 0 Å². The third kappa shape index (κ3) is 12.3. The van der Waals surface area contributed by atoms with E-state index in [9.17, 15) is 9.90 Å². The maximum atomic E-state index is 12.3. The van der Waals surface area contributed by atoms with Crippen LogP contribution in [0.25, 0.3) is 0 Å². The number of hydrogen-bond acceptors (Lipinski definition) is 12. The van der Waals surface area contributed by atoms with Crippen molar-refractivity contribution in [2.45, 2.75) is 178 Å². The molecule has 0 radical (unpaired) electrons. The Morgan fingerprint density at radius 1 is 0.629 bits per heavy atom. The molecule has 3 aliphatic heterocycles. The van der Waals surface area contributed by atoms with Crippen molar-refractivity contribution in [3.8, 4) is 0 Å². The highest BCUT2D eigenvalue weighted by atomic mass is 16.8. The van der Waals surface area contributed by atoms with Crippen molar-refractivity contribution in [2.24, 2.45) is 0 Å². The third-order valence-electron chi connectivity index (χ3n) is 12.3. The molecule has 1 N–H and O–H groups in total. The lowest BCUT2D eigenvalue weighted by Crippen LogP contribution is -2.73. The minimum absolute atomic E-state index is 0.215. The van der Waals surface area contributed by atoms with Gasteiger partial charge in [-0.2, -0.15) is 0 Å². The van der Waals surface area contributed by atoms with Crippen molar-refractivity contribution in [1.29, 1.82) is 0 Å². The lowest BCUT2D eigenvalue weighted by atomic mass is 9.93. The van der Waals surface area contributed by atoms with Gasteiger partial charge in [-0.3, -0.25) is 4.79 Å². The van der Waals surface area contributed by atoms with Gasteiger partial charge in [-0.1, -0.05) is 130 Å². The summed E-state index contributed by atoms with van der Waals surface area (Å²) in [5.41, 5.74) is 2.92. The first-order valence-corrected chi connectivity index (χ1v) is 22.2. The Hall–Kier alpha value is -3.31. The molecule has 0 aliphatic carbocycles. The number of carboxylic acid groups (broad SMARTS) is 1. The van der Waals surface area contributed by atoms with Crippen LogP contribution in [0.5, 0.6) is 0 Å². The van der Waals surface area contributed by atoms with Gasteiger partial charge in [-0.05, 0) is 50.8 Å². The van der Waals surface area contributed by atoms with Gasteiger partial charge in [0.15, 0.2) is 12.6 Å². The number of benzene rings is 3. The van der Waals surface area contributed by atoms with Gasteiger partial charge in [-0.25, -0.2) is 0 Å². The summed E-state index contributed by atoms with van der Waals surface area (Å²) in [6.45, 7) is 10.3. The number of unbranched alkanes of at least 4 members (excludes halogenated alkanes) is 4. The van der Waals surface area contributed by atoms with Gasteiger partial charge in [0.1, 0.15) is 36.6 Å². The van der Waals surface area contributed by atoms with Crippen LogP contribution >= 0.6 is 0 Å². The van der Waals surface area contributed by atoms with Crippen LogP contribution in [-0.2, 0) is 76.7 Å². The first kappa shape index (κ1) is 48.2. The van der Waals surface area contributed by atoms with E-state index in [1.165, 1.54) is 14.2 Å². The second-order valence-corrected chi connectivity index (χ2v) is 16.8. The lowest BCUT2D eigenvalue weighted by molar-refractivity contribution is -0.486. The molecule has 3 aromatic rings.